The van der Waals surface area contributed by atoms with Crippen molar-refractivity contribution in [3.05, 3.63) is 70.5 Å². The monoisotopic (exact) mass is 565 g/mol. The quantitative estimate of drug-likeness (QED) is 0.159. The highest BCUT2D eigenvalue weighted by Gasteiger charge is 2.25. The number of aromatic nitrogens is 2. The van der Waals surface area contributed by atoms with Gasteiger partial charge < -0.3 is 36.0 Å². The predicted octanol–water partition coefficient (Wildman–Crippen LogP) is 2.95. The van der Waals surface area contributed by atoms with Crippen molar-refractivity contribution in [3.63, 3.8) is 0 Å². The Bertz CT molecular complexity index is 1370. The number of aryl methyl sites for hydroxylation is 3. The van der Waals surface area contributed by atoms with Crippen molar-refractivity contribution in [1.82, 2.24) is 20.6 Å². The number of phenols is 2. The Morgan fingerprint density at radius 1 is 0.976 bits per heavy atom. The number of ether oxygens (including phenoxy) is 1. The Morgan fingerprint density at radius 3 is 2.37 bits per heavy atom. The van der Waals surface area contributed by atoms with Crippen LogP contribution in [0.25, 0.3) is 0 Å². The molecule has 3 rings (SSSR count). The molecule has 0 bridgehead atoms. The van der Waals surface area contributed by atoms with Crippen molar-refractivity contribution in [3.8, 4) is 17.2 Å². The molecule has 0 aliphatic carbocycles. The van der Waals surface area contributed by atoms with Gasteiger partial charge in [-0.25, -0.2) is 14.8 Å². The lowest BCUT2D eigenvalue weighted by Crippen LogP contribution is -2.48. The molecule has 0 fully saturated rings. The zero-order valence-electron chi connectivity index (χ0n) is 23.2. The van der Waals surface area contributed by atoms with Gasteiger partial charge in [-0.15, -0.1) is 0 Å². The molecule has 3 aromatic rings. The first-order chi connectivity index (χ1) is 19.6. The van der Waals surface area contributed by atoms with Crippen molar-refractivity contribution in [2.45, 2.75) is 46.1 Å². The highest BCUT2D eigenvalue weighted by Crippen LogP contribution is 2.22. The standard InChI is InChI=1S/C29H35N5O7/c1-4-11-41-23-14-20(13-22(36)15-23)26(37)31-16-24(28(39)40)34-27(38)25-17(2)32-29(33-18(25)3)30-10-6-8-19-7-5-9-21(35)12-19/h5,7,9,12-15,24,35-36H,4,6,8,10-11,16H2,1-3H3,(H,31,37)(H,34,38)(H,39,40)(H,30,32,33)/t24-/m0/s1. The molecule has 1 heterocycles. The van der Waals surface area contributed by atoms with Crippen LogP contribution in [0.1, 0.15) is 57.4 Å². The summed E-state index contributed by atoms with van der Waals surface area (Å²) < 4.78 is 5.46. The maximum atomic E-state index is 13.0. The van der Waals surface area contributed by atoms with Crippen LogP contribution in [0.15, 0.2) is 42.5 Å². The third-order valence-electron chi connectivity index (χ3n) is 6.03. The summed E-state index contributed by atoms with van der Waals surface area (Å²) in [4.78, 5) is 46.2. The zero-order valence-corrected chi connectivity index (χ0v) is 23.2. The molecule has 12 heteroatoms. The van der Waals surface area contributed by atoms with Gasteiger partial charge in [0.2, 0.25) is 5.95 Å². The molecule has 2 amide bonds. The molecule has 218 valence electrons. The number of carboxylic acids is 1. The number of phenolic OH excluding ortho intramolecular Hbond substituents is 2. The predicted molar refractivity (Wildman–Crippen MR) is 152 cm³/mol. The first kappa shape index (κ1) is 30.7. The summed E-state index contributed by atoms with van der Waals surface area (Å²) in [6.45, 7) is 5.72. The van der Waals surface area contributed by atoms with Crippen LogP contribution < -0.4 is 20.7 Å². The highest BCUT2D eigenvalue weighted by molar-refractivity contribution is 5.99. The number of aromatic hydroxyl groups is 2. The lowest BCUT2D eigenvalue weighted by molar-refractivity contribution is -0.139. The zero-order chi connectivity index (χ0) is 29.9. The number of hydrogen-bond acceptors (Lipinski definition) is 9. The third kappa shape index (κ3) is 9.09. The number of nitrogens with zero attached hydrogens (tertiary/aromatic N) is 2. The van der Waals surface area contributed by atoms with Crippen LogP contribution in [0.5, 0.6) is 17.2 Å². The van der Waals surface area contributed by atoms with Crippen LogP contribution in [0.3, 0.4) is 0 Å². The summed E-state index contributed by atoms with van der Waals surface area (Å²) in [6, 6.07) is 9.64. The molecule has 2 aromatic carbocycles. The van der Waals surface area contributed by atoms with E-state index in [1.165, 1.54) is 18.2 Å². The minimum atomic E-state index is -1.44. The van der Waals surface area contributed by atoms with E-state index >= 15 is 0 Å². The van der Waals surface area contributed by atoms with Gasteiger partial charge in [0, 0.05) is 24.7 Å². The molecule has 6 N–H and O–H groups in total. The smallest absolute Gasteiger partial charge is 0.328 e. The number of benzene rings is 2. The summed E-state index contributed by atoms with van der Waals surface area (Å²) in [7, 11) is 0. The molecule has 0 radical (unpaired) electrons. The Morgan fingerprint density at radius 2 is 1.71 bits per heavy atom. The van der Waals surface area contributed by atoms with Crippen molar-refractivity contribution < 1.29 is 34.4 Å². The van der Waals surface area contributed by atoms with Crippen molar-refractivity contribution in [2.75, 3.05) is 25.0 Å². The van der Waals surface area contributed by atoms with Crippen LogP contribution >= 0.6 is 0 Å². The van der Waals surface area contributed by atoms with Gasteiger partial charge >= 0.3 is 5.97 Å². The fourth-order valence-corrected chi connectivity index (χ4v) is 4.07. The summed E-state index contributed by atoms with van der Waals surface area (Å²) in [6.07, 6.45) is 2.24. The Labute approximate surface area is 237 Å². The second kappa shape index (κ2) is 14.5. The molecule has 0 saturated carbocycles. The fourth-order valence-electron chi connectivity index (χ4n) is 4.07. The lowest BCUT2D eigenvalue weighted by atomic mass is 10.1. The molecule has 12 nitrogen and oxygen atoms in total. The topological polar surface area (TPSA) is 183 Å². The van der Waals surface area contributed by atoms with E-state index in [4.69, 9.17) is 4.74 Å². The van der Waals surface area contributed by atoms with Gasteiger partial charge in [-0.3, -0.25) is 9.59 Å². The molecule has 0 spiro atoms. The van der Waals surface area contributed by atoms with Gasteiger partial charge in [0.25, 0.3) is 11.8 Å². The largest absolute Gasteiger partial charge is 0.508 e. The average Bonchev–Trinajstić information content (AvgIpc) is 2.91. The van der Waals surface area contributed by atoms with Gasteiger partial charge in [0.05, 0.1) is 23.6 Å². The number of nitrogens with one attached hydrogen (secondary N) is 3. The first-order valence-corrected chi connectivity index (χ1v) is 13.2. The normalized spacial score (nSPS) is 11.4. The summed E-state index contributed by atoms with van der Waals surface area (Å²) in [5.41, 5.74) is 1.94. The second-order valence-corrected chi connectivity index (χ2v) is 9.43. The van der Waals surface area contributed by atoms with Gasteiger partial charge in [0.15, 0.2) is 0 Å². The van der Waals surface area contributed by atoms with E-state index in [2.05, 4.69) is 25.9 Å². The molecule has 1 atom stereocenters. The van der Waals surface area contributed by atoms with Crippen molar-refractivity contribution in [1.29, 1.82) is 0 Å². The Hall–Kier alpha value is -4.87. The summed E-state index contributed by atoms with van der Waals surface area (Å²) >= 11 is 0. The fraction of sp³-hybridized carbons (Fsp3) is 0.345. The van der Waals surface area contributed by atoms with E-state index in [1.54, 1.807) is 32.0 Å². The van der Waals surface area contributed by atoms with E-state index in [9.17, 15) is 29.7 Å². The third-order valence-corrected chi connectivity index (χ3v) is 6.03. The van der Waals surface area contributed by atoms with Crippen LogP contribution in [0.4, 0.5) is 5.95 Å². The van der Waals surface area contributed by atoms with Gasteiger partial charge in [-0.1, -0.05) is 19.1 Å². The molecular formula is C29H35N5O7. The number of anilines is 1. The number of amides is 2. The molecule has 0 saturated heterocycles. The molecule has 0 aliphatic heterocycles. The molecule has 0 aliphatic rings. The lowest BCUT2D eigenvalue weighted by Gasteiger charge is -2.17. The van der Waals surface area contributed by atoms with Gasteiger partial charge in [0.1, 0.15) is 23.3 Å². The number of aliphatic carboxylic acids is 1. The SMILES string of the molecule is CCCOc1cc(O)cc(C(=O)NC[C@H](NC(=O)c2c(C)nc(NCCCc3cccc(O)c3)nc2C)C(=O)O)c1. The van der Waals surface area contributed by atoms with Crippen LogP contribution in [0.2, 0.25) is 0 Å². The highest BCUT2D eigenvalue weighted by atomic mass is 16.5. The maximum absolute atomic E-state index is 13.0. The number of carboxylic acid groups (broad SMARTS) is 1. The molecular weight excluding hydrogens is 530 g/mol. The minimum absolute atomic E-state index is 0.0802. The maximum Gasteiger partial charge on any atom is 0.328 e. The Balaban J connectivity index is 1.59. The summed E-state index contributed by atoms with van der Waals surface area (Å²) in [5, 5.41) is 37.1. The van der Waals surface area contributed by atoms with Crippen molar-refractivity contribution in [2.24, 2.45) is 0 Å². The van der Waals surface area contributed by atoms with Crippen LogP contribution in [-0.2, 0) is 11.2 Å². The number of carbonyl (C=O) groups excluding carboxylic acids is 2. The van der Waals surface area contributed by atoms with Crippen molar-refractivity contribution >= 4 is 23.7 Å². The molecule has 1 aromatic heterocycles. The van der Waals surface area contributed by atoms with Gasteiger partial charge in [-0.05, 0) is 62.9 Å². The molecule has 41 heavy (non-hydrogen) atoms. The second-order valence-electron chi connectivity index (χ2n) is 9.43. The molecule has 0 unspecified atom stereocenters. The number of carbonyl (C=O) groups is 3. The van der Waals surface area contributed by atoms with Crippen LogP contribution in [-0.4, -0.2) is 68.8 Å². The number of rotatable bonds is 14. The number of hydrogen-bond donors (Lipinski definition) is 6. The van der Waals surface area contributed by atoms with E-state index in [0.717, 1.165) is 24.8 Å². The van der Waals surface area contributed by atoms with E-state index in [1.807, 2.05) is 13.0 Å². The summed E-state index contributed by atoms with van der Waals surface area (Å²) in [5.74, 6) is -1.99. The van der Waals surface area contributed by atoms with E-state index < -0.39 is 30.4 Å². The first-order valence-electron chi connectivity index (χ1n) is 13.2. The van der Waals surface area contributed by atoms with E-state index in [0.29, 0.717) is 36.2 Å². The van der Waals surface area contributed by atoms with E-state index in [-0.39, 0.29) is 22.6 Å². The van der Waals surface area contributed by atoms with Crippen LogP contribution in [0, 0.1) is 13.8 Å². The average molecular weight is 566 g/mol. The van der Waals surface area contributed by atoms with Gasteiger partial charge in [-0.2, -0.15) is 0 Å². The Kier molecular flexibility index (Phi) is 10.8. The minimum Gasteiger partial charge on any atom is -0.508 e.